The van der Waals surface area contributed by atoms with Crippen LogP contribution in [0.15, 0.2) is 49.1 Å². The molecule has 1 amide bonds. The molecule has 0 spiro atoms. The fraction of sp³-hybridized carbons (Fsp3) is 0.516. The molecule has 2 aromatic heterocycles. The van der Waals surface area contributed by atoms with Gasteiger partial charge < -0.3 is 20.7 Å². The normalized spacial score (nSPS) is 15.0. The van der Waals surface area contributed by atoms with Crippen LogP contribution < -0.4 is 16.0 Å². The highest BCUT2D eigenvalue weighted by molar-refractivity contribution is 5.84. The number of amides is 1. The van der Waals surface area contributed by atoms with E-state index in [1.54, 1.807) is 50.1 Å². The number of halogens is 3. The summed E-state index contributed by atoms with van der Waals surface area (Å²) in [6.45, 7) is 5.73. The third-order valence-electron chi connectivity index (χ3n) is 7.19. The lowest BCUT2D eigenvalue weighted by atomic mass is 9.84. The van der Waals surface area contributed by atoms with Crippen LogP contribution in [0.25, 0.3) is 5.82 Å². The van der Waals surface area contributed by atoms with E-state index in [2.05, 4.69) is 30.9 Å². The van der Waals surface area contributed by atoms with Gasteiger partial charge in [-0.05, 0) is 50.8 Å². The van der Waals surface area contributed by atoms with Crippen LogP contribution in [0.5, 0.6) is 0 Å². The lowest BCUT2D eigenvalue weighted by Gasteiger charge is -2.27. The molecule has 1 saturated carbocycles. The summed E-state index contributed by atoms with van der Waals surface area (Å²) in [5.74, 6) is 0.864. The van der Waals surface area contributed by atoms with Gasteiger partial charge in [-0.3, -0.25) is 14.2 Å². The molecule has 0 unspecified atom stereocenters. The van der Waals surface area contributed by atoms with E-state index >= 15 is 0 Å². The summed E-state index contributed by atoms with van der Waals surface area (Å²) in [6.07, 6.45) is 6.62. The predicted octanol–water partition coefficient (Wildman–Crippen LogP) is 5.89. The molecule has 1 aliphatic carbocycles. The van der Waals surface area contributed by atoms with Crippen LogP contribution in [-0.4, -0.2) is 49.6 Å². The molecule has 3 N–H and O–H groups in total. The predicted molar refractivity (Wildman–Crippen MR) is 160 cm³/mol. The molecule has 0 saturated heterocycles. The molecule has 1 atom stereocenters. The molecule has 4 rings (SSSR count). The highest BCUT2D eigenvalue weighted by atomic mass is 19.4. The van der Waals surface area contributed by atoms with Gasteiger partial charge in [0.2, 0.25) is 11.9 Å². The Labute approximate surface area is 255 Å². The molecule has 238 valence electrons. The number of imidazole rings is 1. The Morgan fingerprint density at radius 2 is 1.80 bits per heavy atom. The maximum Gasteiger partial charge on any atom is 0.416 e. The average molecular weight is 616 g/mol. The third-order valence-corrected chi connectivity index (χ3v) is 7.19. The number of esters is 1. The van der Waals surface area contributed by atoms with Crippen molar-refractivity contribution in [2.75, 3.05) is 17.2 Å². The van der Waals surface area contributed by atoms with E-state index in [0.717, 1.165) is 37.8 Å². The van der Waals surface area contributed by atoms with E-state index in [1.807, 2.05) is 0 Å². The molecule has 1 aliphatic rings. The summed E-state index contributed by atoms with van der Waals surface area (Å²) in [6, 6.07) is 5.81. The largest absolute Gasteiger partial charge is 0.460 e. The van der Waals surface area contributed by atoms with Gasteiger partial charge in [-0.2, -0.15) is 23.1 Å². The number of anilines is 2. The number of nitrogens with one attached hydrogen (secondary N) is 3. The van der Waals surface area contributed by atoms with Crippen LogP contribution in [0.4, 0.5) is 24.9 Å². The molecule has 1 aromatic carbocycles. The number of carbonyl (C=O) groups is 2. The van der Waals surface area contributed by atoms with Crippen molar-refractivity contribution < 1.29 is 27.5 Å². The van der Waals surface area contributed by atoms with Gasteiger partial charge >= 0.3 is 12.1 Å². The number of rotatable bonds is 12. The molecule has 3 aromatic rings. The van der Waals surface area contributed by atoms with E-state index in [0.29, 0.717) is 29.5 Å². The van der Waals surface area contributed by atoms with Crippen molar-refractivity contribution >= 4 is 23.6 Å². The van der Waals surface area contributed by atoms with Crippen LogP contribution in [0.1, 0.15) is 76.8 Å². The van der Waals surface area contributed by atoms with Crippen molar-refractivity contribution in [2.45, 2.75) is 90.1 Å². The van der Waals surface area contributed by atoms with E-state index in [4.69, 9.17) is 4.74 Å². The number of alkyl halides is 3. The summed E-state index contributed by atoms with van der Waals surface area (Å²) >= 11 is 0. The number of benzene rings is 1. The number of nitrogens with zero attached hydrogens (tertiary/aromatic N) is 4. The third kappa shape index (κ3) is 10.2. The number of hydrogen-bond donors (Lipinski definition) is 3. The molecule has 44 heavy (non-hydrogen) atoms. The van der Waals surface area contributed by atoms with Crippen LogP contribution >= 0.6 is 0 Å². The second-order valence-corrected chi connectivity index (χ2v) is 12.0. The summed E-state index contributed by atoms with van der Waals surface area (Å²) in [7, 11) is 0. The van der Waals surface area contributed by atoms with Gasteiger partial charge in [0.1, 0.15) is 29.6 Å². The lowest BCUT2D eigenvalue weighted by Crippen LogP contribution is -2.41. The van der Waals surface area contributed by atoms with Gasteiger partial charge in [-0.1, -0.05) is 44.2 Å². The van der Waals surface area contributed by atoms with Gasteiger partial charge in [-0.15, -0.1) is 0 Å². The molecule has 1 fully saturated rings. The van der Waals surface area contributed by atoms with Gasteiger partial charge in [0.05, 0.1) is 12.0 Å². The first-order chi connectivity index (χ1) is 20.9. The van der Waals surface area contributed by atoms with Crippen molar-refractivity contribution in [1.82, 2.24) is 24.8 Å². The fourth-order valence-electron chi connectivity index (χ4n) is 5.07. The van der Waals surface area contributed by atoms with Crippen LogP contribution in [0.3, 0.4) is 0 Å². The zero-order chi connectivity index (χ0) is 31.7. The average Bonchev–Trinajstić information content (AvgIpc) is 3.50. The van der Waals surface area contributed by atoms with Gasteiger partial charge in [-0.25, -0.2) is 4.98 Å². The van der Waals surface area contributed by atoms with Crippen molar-refractivity contribution in [2.24, 2.45) is 5.92 Å². The molecule has 2 heterocycles. The molecule has 10 nitrogen and oxygen atoms in total. The van der Waals surface area contributed by atoms with Crippen molar-refractivity contribution in [3.05, 3.63) is 60.2 Å². The van der Waals surface area contributed by atoms with Gasteiger partial charge in [0, 0.05) is 31.5 Å². The number of hydrogen-bond acceptors (Lipinski definition) is 8. The molecular weight excluding hydrogens is 575 g/mol. The topological polar surface area (TPSA) is 123 Å². The second kappa shape index (κ2) is 14.5. The second-order valence-electron chi connectivity index (χ2n) is 12.0. The van der Waals surface area contributed by atoms with E-state index < -0.39 is 23.4 Å². The first kappa shape index (κ1) is 32.7. The summed E-state index contributed by atoms with van der Waals surface area (Å²) in [5.41, 5.74) is -0.770. The van der Waals surface area contributed by atoms with Gasteiger partial charge in [0.25, 0.3) is 0 Å². The van der Waals surface area contributed by atoms with E-state index in [1.165, 1.54) is 18.6 Å². The monoisotopic (exact) mass is 615 g/mol. The molecule has 0 radical (unpaired) electrons. The molecule has 0 bridgehead atoms. The Bertz CT molecular complexity index is 1370. The lowest BCUT2D eigenvalue weighted by molar-refractivity contribution is -0.154. The molecule has 13 heteroatoms. The quantitative estimate of drug-likeness (QED) is 0.216. The van der Waals surface area contributed by atoms with Crippen LogP contribution in [-0.2, 0) is 27.0 Å². The zero-order valence-electron chi connectivity index (χ0n) is 25.3. The number of ether oxygens (including phenoxy) is 1. The minimum Gasteiger partial charge on any atom is -0.460 e. The van der Waals surface area contributed by atoms with Crippen molar-refractivity contribution in [3.63, 3.8) is 0 Å². The van der Waals surface area contributed by atoms with Crippen molar-refractivity contribution in [3.8, 4) is 5.82 Å². The first-order valence-corrected chi connectivity index (χ1v) is 14.9. The van der Waals surface area contributed by atoms with E-state index in [9.17, 15) is 22.8 Å². The Morgan fingerprint density at radius 1 is 1.07 bits per heavy atom. The minimum atomic E-state index is -4.42. The first-order valence-electron chi connectivity index (χ1n) is 14.9. The Hall–Kier alpha value is -4.16. The Balaban J connectivity index is 1.50. The van der Waals surface area contributed by atoms with Crippen molar-refractivity contribution in [1.29, 1.82) is 0 Å². The van der Waals surface area contributed by atoms with Crippen LogP contribution in [0.2, 0.25) is 0 Å². The number of aromatic nitrogens is 4. The summed E-state index contributed by atoms with van der Waals surface area (Å²) < 4.78 is 46.0. The maximum atomic E-state index is 13.5. The Morgan fingerprint density at radius 3 is 2.43 bits per heavy atom. The maximum absolute atomic E-state index is 13.5. The smallest absolute Gasteiger partial charge is 0.416 e. The SMILES string of the molecule is CC(C)(C)OC(=O)CCNc1nc(N[C@H](CC2CCCCC2)C(=O)NCc2ccc(C(F)(F)F)cc2)cc(-n2ccnc2)n1. The summed E-state index contributed by atoms with van der Waals surface area (Å²) in [4.78, 5) is 38.9. The fourth-order valence-corrected chi connectivity index (χ4v) is 5.07. The van der Waals surface area contributed by atoms with E-state index in [-0.39, 0.29) is 37.3 Å². The summed E-state index contributed by atoms with van der Waals surface area (Å²) in [5, 5.41) is 9.24. The number of carbonyl (C=O) groups excluding carboxylic acids is 2. The highest BCUT2D eigenvalue weighted by Crippen LogP contribution is 2.30. The molecular formula is C31H40F3N7O3. The zero-order valence-corrected chi connectivity index (χ0v) is 25.3. The standard InChI is InChI=1S/C31H40F3N7O3/c1-30(2,3)44-27(42)13-14-36-29-39-25(18-26(40-29)41-16-15-35-20-41)38-24(17-21-7-5-4-6-8-21)28(43)37-19-22-9-11-23(12-10-22)31(32,33)34/h9-12,15-16,18,20-21,24H,4-8,13-14,17,19H2,1-3H3,(H,37,43)(H2,36,38,39,40)/t24-/m1/s1. The minimum absolute atomic E-state index is 0.0847. The highest BCUT2D eigenvalue weighted by Gasteiger charge is 2.30. The Kier molecular flexibility index (Phi) is 10.8. The van der Waals surface area contributed by atoms with Crippen LogP contribution in [0, 0.1) is 5.92 Å². The molecule has 0 aliphatic heterocycles. The van der Waals surface area contributed by atoms with Gasteiger partial charge in [0.15, 0.2) is 0 Å².